The fraction of sp³-hybridized carbons (Fsp3) is 0.636. The summed E-state index contributed by atoms with van der Waals surface area (Å²) in [7, 11) is 0. The van der Waals surface area contributed by atoms with E-state index in [1.54, 1.807) is 0 Å². The van der Waals surface area contributed by atoms with Crippen molar-refractivity contribution < 1.29 is 0 Å². The molecule has 0 radical (unpaired) electrons. The van der Waals surface area contributed by atoms with E-state index in [0.717, 1.165) is 12.3 Å². The zero-order chi connectivity index (χ0) is 10.3. The van der Waals surface area contributed by atoms with E-state index in [-0.39, 0.29) is 5.41 Å². The first kappa shape index (κ1) is 12.1. The van der Waals surface area contributed by atoms with Crippen LogP contribution in [-0.4, -0.2) is 18.5 Å². The van der Waals surface area contributed by atoms with E-state index in [2.05, 4.69) is 29.9 Å². The minimum absolute atomic E-state index is 0.00889. The third-order valence-electron chi connectivity index (χ3n) is 1.44. The molecule has 0 N–H and O–H groups in total. The van der Waals surface area contributed by atoms with Gasteiger partial charge in [0.25, 0.3) is 0 Å². The summed E-state index contributed by atoms with van der Waals surface area (Å²) in [6.07, 6.45) is 5.86. The van der Waals surface area contributed by atoms with Crippen molar-refractivity contribution in [1.82, 2.24) is 0 Å². The predicted octanol–water partition coefficient (Wildman–Crippen LogP) is 3.10. The lowest BCUT2D eigenvalue weighted by Crippen LogP contribution is -2.08. The van der Waals surface area contributed by atoms with E-state index in [9.17, 15) is 0 Å². The fourth-order valence-corrected chi connectivity index (χ4v) is 0.748. The zero-order valence-corrected chi connectivity index (χ0v) is 9.33. The van der Waals surface area contributed by atoms with Gasteiger partial charge in [-0.2, -0.15) is 0 Å². The third kappa shape index (κ3) is 7.44. The van der Waals surface area contributed by atoms with Crippen LogP contribution in [0.4, 0.5) is 0 Å². The van der Waals surface area contributed by atoms with Crippen molar-refractivity contribution in [2.45, 2.75) is 34.6 Å². The highest BCUT2D eigenvalue weighted by Crippen LogP contribution is 2.13. The number of aliphatic imine (C=N–C) groups is 2. The number of allylic oxidation sites excluding steroid dienone is 1. The van der Waals surface area contributed by atoms with E-state index in [4.69, 9.17) is 0 Å². The van der Waals surface area contributed by atoms with Gasteiger partial charge in [0.05, 0.1) is 0 Å². The SMILES string of the molecule is CC/N=C\C(C)(C)/C=C\N=C(C)C. The fourth-order valence-electron chi connectivity index (χ4n) is 0.748. The molecule has 0 saturated heterocycles. The van der Waals surface area contributed by atoms with Gasteiger partial charge in [-0.05, 0) is 20.8 Å². The van der Waals surface area contributed by atoms with Gasteiger partial charge < -0.3 is 0 Å². The Balaban J connectivity index is 4.24. The largest absolute Gasteiger partial charge is 0.297 e. The van der Waals surface area contributed by atoms with Crippen molar-refractivity contribution in [3.63, 3.8) is 0 Å². The van der Waals surface area contributed by atoms with Crippen molar-refractivity contribution in [3.8, 4) is 0 Å². The summed E-state index contributed by atoms with van der Waals surface area (Å²) in [6.45, 7) is 11.1. The summed E-state index contributed by atoms with van der Waals surface area (Å²) in [5.74, 6) is 0. The molecule has 0 aromatic carbocycles. The van der Waals surface area contributed by atoms with Crippen molar-refractivity contribution in [3.05, 3.63) is 12.3 Å². The Kier molecular flexibility index (Phi) is 5.28. The Morgan fingerprint density at radius 2 is 1.92 bits per heavy atom. The molecular weight excluding hydrogens is 160 g/mol. The first-order chi connectivity index (χ1) is 5.98. The second-order valence-corrected chi connectivity index (χ2v) is 3.84. The highest BCUT2D eigenvalue weighted by Gasteiger charge is 2.08. The molecule has 0 saturated carbocycles. The van der Waals surface area contributed by atoms with E-state index in [0.29, 0.717) is 0 Å². The predicted molar refractivity (Wildman–Crippen MR) is 60.7 cm³/mol. The molecule has 0 heterocycles. The van der Waals surface area contributed by atoms with Crippen molar-refractivity contribution in [2.24, 2.45) is 15.4 Å². The van der Waals surface area contributed by atoms with Crippen LogP contribution in [0.2, 0.25) is 0 Å². The maximum Gasteiger partial charge on any atom is 0.0357 e. The van der Waals surface area contributed by atoms with E-state index >= 15 is 0 Å². The molecular formula is C11H20N2. The Bertz CT molecular complexity index is 218. The molecule has 0 amide bonds. The van der Waals surface area contributed by atoms with Gasteiger partial charge in [-0.3, -0.25) is 9.98 Å². The Morgan fingerprint density at radius 3 is 2.38 bits per heavy atom. The Labute approximate surface area is 81.5 Å². The number of rotatable bonds is 4. The van der Waals surface area contributed by atoms with Crippen LogP contribution in [0, 0.1) is 5.41 Å². The van der Waals surface area contributed by atoms with Gasteiger partial charge in [-0.25, -0.2) is 0 Å². The lowest BCUT2D eigenvalue weighted by atomic mass is 9.95. The second kappa shape index (κ2) is 5.68. The summed E-state index contributed by atoms with van der Waals surface area (Å²) in [4.78, 5) is 8.41. The second-order valence-electron chi connectivity index (χ2n) is 3.84. The molecule has 0 aliphatic rings. The number of nitrogens with zero attached hydrogens (tertiary/aromatic N) is 2. The molecule has 0 aromatic rings. The molecule has 0 fully saturated rings. The molecule has 13 heavy (non-hydrogen) atoms. The van der Waals surface area contributed by atoms with Gasteiger partial charge in [0.2, 0.25) is 0 Å². The van der Waals surface area contributed by atoms with Gasteiger partial charge in [-0.1, -0.05) is 19.9 Å². The van der Waals surface area contributed by atoms with Crippen LogP contribution < -0.4 is 0 Å². The molecule has 0 atom stereocenters. The van der Waals surface area contributed by atoms with Crippen molar-refractivity contribution in [1.29, 1.82) is 0 Å². The number of hydrogen-bond acceptors (Lipinski definition) is 2. The van der Waals surface area contributed by atoms with Gasteiger partial charge in [0.1, 0.15) is 0 Å². The van der Waals surface area contributed by atoms with Crippen LogP contribution in [0.15, 0.2) is 22.3 Å². The first-order valence-corrected chi connectivity index (χ1v) is 4.67. The normalized spacial score (nSPS) is 12.7. The molecule has 0 aliphatic heterocycles. The number of hydrogen-bond donors (Lipinski definition) is 0. The van der Waals surface area contributed by atoms with Gasteiger partial charge in [0.15, 0.2) is 0 Å². The molecule has 0 bridgehead atoms. The average molecular weight is 180 g/mol. The van der Waals surface area contributed by atoms with Crippen LogP contribution in [0.3, 0.4) is 0 Å². The van der Waals surface area contributed by atoms with E-state index in [1.807, 2.05) is 33.2 Å². The zero-order valence-electron chi connectivity index (χ0n) is 9.33. The topological polar surface area (TPSA) is 24.7 Å². The summed E-state index contributed by atoms with van der Waals surface area (Å²) >= 11 is 0. The van der Waals surface area contributed by atoms with E-state index < -0.39 is 0 Å². The maximum absolute atomic E-state index is 4.22. The lowest BCUT2D eigenvalue weighted by Gasteiger charge is -2.11. The Hall–Kier alpha value is -0.920. The molecule has 0 rings (SSSR count). The highest BCUT2D eigenvalue weighted by molar-refractivity contribution is 5.79. The smallest absolute Gasteiger partial charge is 0.0357 e. The van der Waals surface area contributed by atoms with Crippen LogP contribution in [0.1, 0.15) is 34.6 Å². The van der Waals surface area contributed by atoms with Gasteiger partial charge in [0, 0.05) is 30.1 Å². The van der Waals surface area contributed by atoms with Crippen LogP contribution >= 0.6 is 0 Å². The maximum atomic E-state index is 4.22. The summed E-state index contributed by atoms with van der Waals surface area (Å²) in [5, 5.41) is 0. The average Bonchev–Trinajstić information content (AvgIpc) is 2.00. The summed E-state index contributed by atoms with van der Waals surface area (Å²) < 4.78 is 0. The van der Waals surface area contributed by atoms with Crippen molar-refractivity contribution in [2.75, 3.05) is 6.54 Å². The summed E-state index contributed by atoms with van der Waals surface area (Å²) in [6, 6.07) is 0. The molecule has 2 heteroatoms. The van der Waals surface area contributed by atoms with E-state index in [1.165, 1.54) is 0 Å². The minimum atomic E-state index is 0.00889. The Morgan fingerprint density at radius 1 is 1.31 bits per heavy atom. The molecule has 0 unspecified atom stereocenters. The molecule has 0 aromatic heterocycles. The first-order valence-electron chi connectivity index (χ1n) is 4.67. The molecule has 74 valence electrons. The molecule has 0 spiro atoms. The standard InChI is InChI=1S/C11H20N2/c1-6-12-9-11(4,5)7-8-13-10(2)3/h7-9H,6H2,1-5H3/b8-7-,12-9-. The van der Waals surface area contributed by atoms with Gasteiger partial charge in [-0.15, -0.1) is 0 Å². The minimum Gasteiger partial charge on any atom is -0.297 e. The van der Waals surface area contributed by atoms with Crippen LogP contribution in [0.5, 0.6) is 0 Å². The molecule has 2 nitrogen and oxygen atoms in total. The van der Waals surface area contributed by atoms with Crippen LogP contribution in [-0.2, 0) is 0 Å². The third-order valence-corrected chi connectivity index (χ3v) is 1.44. The van der Waals surface area contributed by atoms with Crippen LogP contribution in [0.25, 0.3) is 0 Å². The quantitative estimate of drug-likeness (QED) is 0.594. The monoisotopic (exact) mass is 180 g/mol. The highest BCUT2D eigenvalue weighted by atomic mass is 14.7. The lowest BCUT2D eigenvalue weighted by molar-refractivity contribution is 0.688. The summed E-state index contributed by atoms with van der Waals surface area (Å²) in [5.41, 5.74) is 1.08. The van der Waals surface area contributed by atoms with Crippen molar-refractivity contribution >= 4 is 11.9 Å². The molecule has 0 aliphatic carbocycles. The van der Waals surface area contributed by atoms with Gasteiger partial charge >= 0.3 is 0 Å².